The topological polar surface area (TPSA) is 102 Å². The molecule has 4 heterocycles. The van der Waals surface area contributed by atoms with Crippen molar-refractivity contribution in [3.05, 3.63) is 0 Å². The Morgan fingerprint density at radius 3 is 2.31 bits per heavy atom. The van der Waals surface area contributed by atoms with Crippen LogP contribution in [0, 0.1) is 5.92 Å². The number of esters is 3. The van der Waals surface area contributed by atoms with Crippen LogP contribution in [0.2, 0.25) is 0 Å². The second kappa shape index (κ2) is 7.50. The number of carbonyl (C=O) groups excluding carboxylic acids is 3. The molecule has 0 aromatic heterocycles. The minimum atomic E-state index is -0.865. The number of rotatable bonds is 5. The molecule has 0 amide bonds. The number of cyclic esters (lactones) is 1. The van der Waals surface area contributed by atoms with E-state index in [1.54, 1.807) is 0 Å². The number of aliphatic hydroxyl groups is 1. The van der Waals surface area contributed by atoms with Crippen LogP contribution >= 0.6 is 0 Å². The van der Waals surface area contributed by atoms with Gasteiger partial charge in [0.25, 0.3) is 0 Å². The van der Waals surface area contributed by atoms with E-state index in [4.69, 9.17) is 14.2 Å². The molecule has 9 nitrogen and oxygen atoms in total. The summed E-state index contributed by atoms with van der Waals surface area (Å²) in [6.07, 6.45) is -1.62. The molecule has 0 spiro atoms. The number of aliphatic hydroxyl groups excluding tert-OH is 1. The molecule has 4 atom stereocenters. The van der Waals surface area contributed by atoms with E-state index in [0.29, 0.717) is 4.48 Å². The first-order chi connectivity index (χ1) is 12.4. The largest absolute Gasteiger partial charge is 0.462 e. The minimum absolute atomic E-state index is 0.167. The Morgan fingerprint density at radius 2 is 1.81 bits per heavy atom. The second-order valence-electron chi connectivity index (χ2n) is 7.36. The maximum absolute atomic E-state index is 12.6. The molecule has 9 heteroatoms. The van der Waals surface area contributed by atoms with Gasteiger partial charge in [0, 0.05) is 33.5 Å². The van der Waals surface area contributed by atoms with Crippen LogP contribution in [0.25, 0.3) is 0 Å². The summed E-state index contributed by atoms with van der Waals surface area (Å²) in [5.41, 5.74) is 0. The minimum Gasteiger partial charge on any atom is -0.462 e. The van der Waals surface area contributed by atoms with Crippen molar-refractivity contribution in [3.8, 4) is 0 Å². The normalized spacial score (nSPS) is 39.2. The summed E-state index contributed by atoms with van der Waals surface area (Å²) in [5.74, 6) is -2.28. The standard InChI is InChI=1S/C17H27N2O7/c1-11(21)24-10-14-16(25-12(2)22)15(13(9-20)17(23)26-14)19-6-3-18(4-7-19)5-8-19/h13-16,20H,3-10H2,1-2H3/q+1/t13?,14-,15+,16-/m1/s1. The number of fused-ring (bicyclic) bond motifs is 3. The van der Waals surface area contributed by atoms with Crippen LogP contribution in [-0.4, -0.2) is 103 Å². The molecule has 1 unspecified atom stereocenters. The summed E-state index contributed by atoms with van der Waals surface area (Å²) >= 11 is 0. The van der Waals surface area contributed by atoms with Gasteiger partial charge in [-0.05, 0) is 0 Å². The predicted molar refractivity (Wildman–Crippen MR) is 87.7 cm³/mol. The summed E-state index contributed by atoms with van der Waals surface area (Å²) in [6.45, 7) is 7.24. The van der Waals surface area contributed by atoms with Crippen LogP contribution in [0.15, 0.2) is 0 Å². The maximum atomic E-state index is 12.6. The number of carbonyl (C=O) groups is 3. The smallest absolute Gasteiger partial charge is 0.318 e. The van der Waals surface area contributed by atoms with Crippen LogP contribution in [0.4, 0.5) is 0 Å². The lowest BCUT2D eigenvalue weighted by Crippen LogP contribution is -2.77. The van der Waals surface area contributed by atoms with Crippen molar-refractivity contribution in [1.82, 2.24) is 4.90 Å². The lowest BCUT2D eigenvalue weighted by Gasteiger charge is -2.58. The zero-order valence-electron chi connectivity index (χ0n) is 15.3. The van der Waals surface area contributed by atoms with E-state index in [-0.39, 0.29) is 13.2 Å². The summed E-state index contributed by atoms with van der Waals surface area (Å²) in [7, 11) is 0. The second-order valence-corrected chi connectivity index (χ2v) is 7.36. The van der Waals surface area contributed by atoms with Gasteiger partial charge in [-0.25, -0.2) is 0 Å². The van der Waals surface area contributed by atoms with E-state index in [2.05, 4.69) is 4.90 Å². The molecular formula is C17H27N2O7+. The average Bonchev–Trinajstić information content (AvgIpc) is 2.62. The first-order valence-corrected chi connectivity index (χ1v) is 9.06. The molecule has 26 heavy (non-hydrogen) atoms. The van der Waals surface area contributed by atoms with Crippen molar-refractivity contribution in [1.29, 1.82) is 0 Å². The first-order valence-electron chi connectivity index (χ1n) is 9.06. The van der Waals surface area contributed by atoms with Crippen molar-refractivity contribution in [2.24, 2.45) is 5.92 Å². The van der Waals surface area contributed by atoms with Crippen molar-refractivity contribution in [2.45, 2.75) is 32.1 Å². The lowest BCUT2D eigenvalue weighted by molar-refractivity contribution is -0.969. The molecule has 0 radical (unpaired) electrons. The van der Waals surface area contributed by atoms with E-state index in [0.717, 1.165) is 39.3 Å². The fourth-order valence-corrected chi connectivity index (χ4v) is 4.57. The molecule has 0 aromatic carbocycles. The third-order valence-corrected chi connectivity index (χ3v) is 5.85. The van der Waals surface area contributed by atoms with E-state index >= 15 is 0 Å². The molecule has 146 valence electrons. The van der Waals surface area contributed by atoms with E-state index in [1.807, 2.05) is 0 Å². The van der Waals surface area contributed by atoms with E-state index in [1.165, 1.54) is 13.8 Å². The van der Waals surface area contributed by atoms with Gasteiger partial charge in [-0.15, -0.1) is 0 Å². The Labute approximate surface area is 152 Å². The Hall–Kier alpha value is -1.71. The van der Waals surface area contributed by atoms with Crippen LogP contribution in [0.1, 0.15) is 13.8 Å². The molecule has 4 aliphatic rings. The van der Waals surface area contributed by atoms with Crippen molar-refractivity contribution < 1.29 is 38.2 Å². The molecule has 4 rings (SSSR count). The highest BCUT2D eigenvalue weighted by Crippen LogP contribution is 2.36. The van der Waals surface area contributed by atoms with Crippen molar-refractivity contribution in [2.75, 3.05) is 52.5 Å². The van der Waals surface area contributed by atoms with Gasteiger partial charge in [0.05, 0.1) is 26.2 Å². The van der Waals surface area contributed by atoms with Gasteiger partial charge in [0.1, 0.15) is 18.6 Å². The SMILES string of the molecule is CC(=O)OC[C@H]1OC(=O)C(CO)[C@H]([N+]23CCN(CC2)CC3)[C@@H]1OC(C)=O. The Morgan fingerprint density at radius 1 is 1.19 bits per heavy atom. The monoisotopic (exact) mass is 371 g/mol. The van der Waals surface area contributed by atoms with E-state index < -0.39 is 42.1 Å². The zero-order valence-corrected chi connectivity index (χ0v) is 15.3. The number of nitrogens with zero attached hydrogens (tertiary/aromatic N) is 2. The highest BCUT2D eigenvalue weighted by Gasteiger charge is 2.59. The number of hydrogen-bond acceptors (Lipinski definition) is 8. The van der Waals surface area contributed by atoms with Crippen molar-refractivity contribution >= 4 is 17.9 Å². The molecule has 1 N–H and O–H groups in total. The van der Waals surface area contributed by atoms with E-state index in [9.17, 15) is 19.5 Å². The van der Waals surface area contributed by atoms with Crippen LogP contribution in [0.3, 0.4) is 0 Å². The Bertz CT molecular complexity index is 560. The van der Waals surface area contributed by atoms with Gasteiger partial charge in [0.2, 0.25) is 0 Å². The van der Waals surface area contributed by atoms with Crippen LogP contribution in [-0.2, 0) is 28.6 Å². The summed E-state index contributed by atoms with van der Waals surface area (Å²) in [5, 5.41) is 9.89. The maximum Gasteiger partial charge on any atom is 0.318 e. The van der Waals surface area contributed by atoms with Crippen LogP contribution in [0.5, 0.6) is 0 Å². The number of quaternary nitrogens is 1. The molecule has 0 aliphatic carbocycles. The molecule has 0 saturated carbocycles. The average molecular weight is 371 g/mol. The fourth-order valence-electron chi connectivity index (χ4n) is 4.57. The highest BCUT2D eigenvalue weighted by molar-refractivity contribution is 5.75. The fraction of sp³-hybridized carbons (Fsp3) is 0.824. The van der Waals surface area contributed by atoms with Gasteiger partial charge in [-0.2, -0.15) is 0 Å². The van der Waals surface area contributed by atoms with Crippen molar-refractivity contribution in [3.63, 3.8) is 0 Å². The molecule has 2 bridgehead atoms. The molecule has 4 saturated heterocycles. The molecular weight excluding hydrogens is 344 g/mol. The van der Waals surface area contributed by atoms with Gasteiger partial charge >= 0.3 is 17.9 Å². The predicted octanol–water partition coefficient (Wildman–Crippen LogP) is -1.47. The Kier molecular flexibility index (Phi) is 5.50. The van der Waals surface area contributed by atoms with Gasteiger partial charge in [0.15, 0.2) is 12.2 Å². The highest BCUT2D eigenvalue weighted by atomic mass is 16.6. The quantitative estimate of drug-likeness (QED) is 0.355. The van der Waals surface area contributed by atoms with Crippen LogP contribution < -0.4 is 0 Å². The number of ether oxygens (including phenoxy) is 3. The molecule has 0 aromatic rings. The Balaban J connectivity index is 1.94. The zero-order chi connectivity index (χ0) is 18.9. The summed E-state index contributed by atoms with van der Waals surface area (Å²) in [6, 6.07) is -0.409. The lowest BCUT2D eigenvalue weighted by atomic mass is 9.84. The molecule has 4 fully saturated rings. The van der Waals surface area contributed by atoms with Gasteiger partial charge in [-0.1, -0.05) is 0 Å². The summed E-state index contributed by atoms with van der Waals surface area (Å²) < 4.78 is 16.6. The number of hydrogen-bond donors (Lipinski definition) is 1. The third kappa shape index (κ3) is 3.56. The molecule has 4 aliphatic heterocycles. The van der Waals surface area contributed by atoms with Gasteiger partial charge in [-0.3, -0.25) is 19.3 Å². The number of piperazine rings is 3. The van der Waals surface area contributed by atoms with Gasteiger partial charge < -0.3 is 23.8 Å². The first kappa shape index (κ1) is 19.1. The third-order valence-electron chi connectivity index (χ3n) is 5.85. The summed E-state index contributed by atoms with van der Waals surface area (Å²) in [4.78, 5) is 37.9.